The molecule has 0 saturated heterocycles. The minimum atomic E-state index is -0.395. The van der Waals surface area contributed by atoms with Crippen molar-refractivity contribution in [1.82, 2.24) is 15.3 Å². The third-order valence-corrected chi connectivity index (χ3v) is 7.81. The van der Waals surface area contributed by atoms with Crippen LogP contribution in [0.15, 0.2) is 79.0 Å². The Bertz CT molecular complexity index is 1970. The Labute approximate surface area is 280 Å². The van der Waals surface area contributed by atoms with Gasteiger partial charge in [0.15, 0.2) is 0 Å². The van der Waals surface area contributed by atoms with Crippen LogP contribution in [0.3, 0.4) is 0 Å². The second-order valence-corrected chi connectivity index (χ2v) is 12.6. The number of nitrogens with one attached hydrogen (secondary N) is 3. The average molecular weight is 648 g/mol. The van der Waals surface area contributed by atoms with E-state index in [9.17, 15) is 9.59 Å². The normalized spacial score (nSPS) is 11.1. The van der Waals surface area contributed by atoms with E-state index in [-0.39, 0.29) is 17.0 Å². The molecule has 0 fully saturated rings. The Kier molecular flexibility index (Phi) is 10.1. The number of anilines is 2. The van der Waals surface area contributed by atoms with Gasteiger partial charge in [0.1, 0.15) is 23.0 Å². The van der Waals surface area contributed by atoms with Crippen molar-refractivity contribution in [2.75, 3.05) is 38.5 Å². The van der Waals surface area contributed by atoms with Gasteiger partial charge in [-0.1, -0.05) is 26.8 Å². The van der Waals surface area contributed by atoms with E-state index in [1.54, 1.807) is 32.5 Å². The molecule has 3 N–H and O–H groups in total. The Morgan fingerprint density at radius 1 is 0.812 bits per heavy atom. The lowest BCUT2D eigenvalue weighted by atomic mass is 9.95. The molecule has 0 bridgehead atoms. The topological polar surface area (TPSA) is 124 Å². The fourth-order valence-electron chi connectivity index (χ4n) is 5.26. The summed E-state index contributed by atoms with van der Waals surface area (Å²) in [5.74, 6) is 1.91. The second-order valence-electron chi connectivity index (χ2n) is 12.6. The SMILES string of the molecule is COc1ccc(CNc2nccc3cc(NC(=O)c4nc(OC)ccc4-c4ccc(C(=O)NCC(C)(C)C)cc4C)ccc23)c(OC)c1. The average Bonchev–Trinajstić information content (AvgIpc) is 3.08. The predicted octanol–water partition coefficient (Wildman–Crippen LogP) is 7.27. The van der Waals surface area contributed by atoms with Crippen LogP contribution in [0.5, 0.6) is 17.4 Å². The number of nitrogens with zero attached hydrogens (tertiary/aromatic N) is 2. The van der Waals surface area contributed by atoms with Gasteiger partial charge in [-0.3, -0.25) is 9.59 Å². The van der Waals surface area contributed by atoms with E-state index in [2.05, 4.69) is 46.7 Å². The molecular weight excluding hydrogens is 606 g/mol. The molecule has 0 aliphatic heterocycles. The lowest BCUT2D eigenvalue weighted by Crippen LogP contribution is -2.32. The molecule has 0 atom stereocenters. The number of benzene rings is 3. The number of amides is 2. The maximum atomic E-state index is 13.8. The van der Waals surface area contributed by atoms with Gasteiger partial charge in [0, 0.05) is 59.2 Å². The molecule has 0 radical (unpaired) electrons. The van der Waals surface area contributed by atoms with Crippen LogP contribution in [0.4, 0.5) is 11.5 Å². The van der Waals surface area contributed by atoms with Crippen LogP contribution in [0, 0.1) is 12.3 Å². The van der Waals surface area contributed by atoms with Gasteiger partial charge in [-0.25, -0.2) is 9.97 Å². The number of ether oxygens (including phenoxy) is 3. The molecule has 0 saturated carbocycles. The quantitative estimate of drug-likeness (QED) is 0.137. The monoisotopic (exact) mass is 647 g/mol. The Morgan fingerprint density at radius 2 is 1.60 bits per heavy atom. The van der Waals surface area contributed by atoms with E-state index in [0.717, 1.165) is 27.5 Å². The maximum absolute atomic E-state index is 13.8. The molecule has 2 aromatic heterocycles. The fourth-order valence-corrected chi connectivity index (χ4v) is 5.26. The molecule has 10 heteroatoms. The van der Waals surface area contributed by atoms with Gasteiger partial charge < -0.3 is 30.2 Å². The Morgan fingerprint density at radius 3 is 2.31 bits per heavy atom. The van der Waals surface area contributed by atoms with Crippen molar-refractivity contribution < 1.29 is 23.8 Å². The van der Waals surface area contributed by atoms with Crippen LogP contribution in [0.1, 0.15) is 52.7 Å². The van der Waals surface area contributed by atoms with E-state index in [1.807, 2.05) is 67.6 Å². The molecule has 10 nitrogen and oxygen atoms in total. The van der Waals surface area contributed by atoms with Crippen LogP contribution in [-0.4, -0.2) is 49.7 Å². The molecule has 0 unspecified atom stereocenters. The van der Waals surface area contributed by atoms with E-state index < -0.39 is 5.91 Å². The maximum Gasteiger partial charge on any atom is 0.275 e. The number of fused-ring (bicyclic) bond motifs is 1. The van der Waals surface area contributed by atoms with Gasteiger partial charge in [-0.2, -0.15) is 0 Å². The molecule has 2 heterocycles. The van der Waals surface area contributed by atoms with Crippen LogP contribution in [-0.2, 0) is 6.54 Å². The first-order valence-corrected chi connectivity index (χ1v) is 15.6. The highest BCUT2D eigenvalue weighted by Crippen LogP contribution is 2.31. The third kappa shape index (κ3) is 7.83. The van der Waals surface area contributed by atoms with E-state index in [4.69, 9.17) is 14.2 Å². The summed E-state index contributed by atoms with van der Waals surface area (Å²) in [4.78, 5) is 35.6. The number of carbonyl (C=O) groups is 2. The van der Waals surface area contributed by atoms with Crippen LogP contribution < -0.4 is 30.2 Å². The number of methoxy groups -OCH3 is 3. The van der Waals surface area contributed by atoms with Crippen LogP contribution in [0.2, 0.25) is 0 Å². The molecule has 0 spiro atoms. The fraction of sp³-hybridized carbons (Fsp3) is 0.263. The van der Waals surface area contributed by atoms with Crippen molar-refractivity contribution in [2.45, 2.75) is 34.2 Å². The van der Waals surface area contributed by atoms with Gasteiger partial charge in [-0.15, -0.1) is 0 Å². The Hall–Kier alpha value is -5.64. The zero-order chi connectivity index (χ0) is 34.4. The summed E-state index contributed by atoms with van der Waals surface area (Å²) in [6.07, 6.45) is 1.72. The molecule has 48 heavy (non-hydrogen) atoms. The second kappa shape index (κ2) is 14.4. The summed E-state index contributed by atoms with van der Waals surface area (Å²) in [6, 6.07) is 22.2. The van der Waals surface area contributed by atoms with E-state index >= 15 is 0 Å². The van der Waals surface area contributed by atoms with Crippen molar-refractivity contribution in [3.8, 4) is 28.5 Å². The molecule has 2 amide bonds. The highest BCUT2D eigenvalue weighted by atomic mass is 16.5. The molecule has 0 aliphatic rings. The van der Waals surface area contributed by atoms with Gasteiger partial charge in [0.25, 0.3) is 11.8 Å². The van der Waals surface area contributed by atoms with Crippen LogP contribution in [0.25, 0.3) is 21.9 Å². The Balaban J connectivity index is 1.37. The summed E-state index contributed by atoms with van der Waals surface area (Å²) < 4.78 is 16.2. The van der Waals surface area contributed by atoms with Gasteiger partial charge in [0.05, 0.1) is 21.3 Å². The number of hydrogen-bond donors (Lipinski definition) is 3. The first kappa shape index (κ1) is 33.7. The highest BCUT2D eigenvalue weighted by Gasteiger charge is 2.20. The smallest absolute Gasteiger partial charge is 0.275 e. The molecule has 5 rings (SSSR count). The summed E-state index contributed by atoms with van der Waals surface area (Å²) in [7, 11) is 4.75. The largest absolute Gasteiger partial charge is 0.497 e. The van der Waals surface area contributed by atoms with Crippen molar-refractivity contribution in [3.05, 3.63) is 101 Å². The predicted molar refractivity (Wildman–Crippen MR) is 189 cm³/mol. The summed E-state index contributed by atoms with van der Waals surface area (Å²) in [5, 5.41) is 11.2. The minimum Gasteiger partial charge on any atom is -0.497 e. The number of hydrogen-bond acceptors (Lipinski definition) is 8. The molecular formula is C38H41N5O5. The van der Waals surface area contributed by atoms with E-state index in [1.165, 1.54) is 7.11 Å². The first-order chi connectivity index (χ1) is 23.0. The van der Waals surface area contributed by atoms with Crippen molar-refractivity contribution in [1.29, 1.82) is 0 Å². The van der Waals surface area contributed by atoms with Crippen molar-refractivity contribution in [3.63, 3.8) is 0 Å². The summed E-state index contributed by atoms with van der Waals surface area (Å²) in [5.41, 5.74) is 4.52. The lowest BCUT2D eigenvalue weighted by Gasteiger charge is -2.19. The van der Waals surface area contributed by atoms with Gasteiger partial charge >= 0.3 is 0 Å². The van der Waals surface area contributed by atoms with Gasteiger partial charge in [0.2, 0.25) is 5.88 Å². The van der Waals surface area contributed by atoms with Crippen molar-refractivity contribution in [2.24, 2.45) is 5.41 Å². The lowest BCUT2D eigenvalue weighted by molar-refractivity contribution is 0.0938. The molecule has 3 aromatic carbocycles. The standard InChI is InChI=1S/C38H41N5O5/c1-23-18-25(36(44)41-22-38(2,3)4)9-12-29(23)31-14-15-33(48-7)43-34(31)37(45)42-27-10-13-30-24(19-27)16-17-39-35(30)40-21-26-8-11-28(46-5)20-32(26)47-6/h8-20H,21-22H2,1-7H3,(H,39,40)(H,41,44)(H,42,45). The minimum absolute atomic E-state index is 0.0325. The third-order valence-electron chi connectivity index (χ3n) is 7.81. The zero-order valence-electron chi connectivity index (χ0n) is 28.4. The van der Waals surface area contributed by atoms with Gasteiger partial charge in [-0.05, 0) is 83.4 Å². The van der Waals surface area contributed by atoms with Crippen molar-refractivity contribution >= 4 is 34.1 Å². The summed E-state index contributed by atoms with van der Waals surface area (Å²) >= 11 is 0. The number of aryl methyl sites for hydroxylation is 1. The number of aromatic nitrogens is 2. The highest BCUT2D eigenvalue weighted by molar-refractivity contribution is 6.08. The molecule has 5 aromatic rings. The van der Waals surface area contributed by atoms with Crippen LogP contribution >= 0.6 is 0 Å². The summed E-state index contributed by atoms with van der Waals surface area (Å²) in [6.45, 7) is 9.16. The number of rotatable bonds is 11. The zero-order valence-corrected chi connectivity index (χ0v) is 28.4. The first-order valence-electron chi connectivity index (χ1n) is 15.6. The molecule has 0 aliphatic carbocycles. The molecule has 248 valence electrons. The number of pyridine rings is 2. The van der Waals surface area contributed by atoms with E-state index in [0.29, 0.717) is 53.1 Å². The number of carbonyl (C=O) groups excluding carboxylic acids is 2.